The van der Waals surface area contributed by atoms with Gasteiger partial charge in [0.15, 0.2) is 11.5 Å². The number of imide groups is 1. The highest BCUT2D eigenvalue weighted by Crippen LogP contribution is 2.35. The van der Waals surface area contributed by atoms with Crippen LogP contribution in [0.25, 0.3) is 6.08 Å². The monoisotopic (exact) mass is 541 g/mol. The number of carbonyl (C=O) groups is 4. The molecule has 0 radical (unpaired) electrons. The quantitative estimate of drug-likeness (QED) is 0.161. The summed E-state index contributed by atoms with van der Waals surface area (Å²) in [6, 6.07) is 9.69. The first-order valence-electron chi connectivity index (χ1n) is 11.6. The van der Waals surface area contributed by atoms with Crippen molar-refractivity contribution in [1.82, 2.24) is 9.80 Å². The lowest BCUT2D eigenvalue weighted by Gasteiger charge is -2.28. The summed E-state index contributed by atoms with van der Waals surface area (Å²) >= 11 is 0.722. The van der Waals surface area contributed by atoms with Crippen molar-refractivity contribution in [2.24, 2.45) is 0 Å². The number of non-ortho nitro benzene ring substituents is 1. The zero-order valence-corrected chi connectivity index (χ0v) is 21.1. The summed E-state index contributed by atoms with van der Waals surface area (Å²) in [4.78, 5) is 63.4. The highest BCUT2D eigenvalue weighted by molar-refractivity contribution is 8.18. The fourth-order valence-electron chi connectivity index (χ4n) is 3.71. The predicted molar refractivity (Wildman–Crippen MR) is 136 cm³/mol. The third kappa shape index (κ3) is 6.18. The molecule has 0 saturated carbocycles. The molecule has 0 bridgehead atoms. The maximum absolute atomic E-state index is 12.9. The van der Waals surface area contributed by atoms with E-state index < -0.39 is 22.0 Å². The van der Waals surface area contributed by atoms with Crippen molar-refractivity contribution in [3.63, 3.8) is 0 Å². The van der Waals surface area contributed by atoms with Gasteiger partial charge in [0.1, 0.15) is 6.54 Å². The van der Waals surface area contributed by atoms with Crippen LogP contribution in [0.1, 0.15) is 22.8 Å². The molecule has 2 aromatic carbocycles. The molecule has 2 fully saturated rings. The van der Waals surface area contributed by atoms with Crippen LogP contribution in [-0.4, -0.2) is 77.2 Å². The zero-order chi connectivity index (χ0) is 27.2. The van der Waals surface area contributed by atoms with Gasteiger partial charge in [-0.15, -0.1) is 0 Å². The molecule has 2 saturated heterocycles. The Hall–Kier alpha value is -4.23. The van der Waals surface area contributed by atoms with Gasteiger partial charge in [-0.25, -0.2) is 4.79 Å². The Balaban J connectivity index is 1.49. The van der Waals surface area contributed by atoms with E-state index in [2.05, 4.69) is 0 Å². The van der Waals surface area contributed by atoms with Crippen molar-refractivity contribution in [2.45, 2.75) is 6.92 Å². The van der Waals surface area contributed by atoms with Crippen molar-refractivity contribution >= 4 is 46.5 Å². The van der Waals surface area contributed by atoms with Gasteiger partial charge in [0.25, 0.3) is 16.8 Å². The Labute approximate surface area is 221 Å². The third-order valence-electron chi connectivity index (χ3n) is 5.59. The molecule has 2 heterocycles. The molecule has 38 heavy (non-hydrogen) atoms. The average molecular weight is 542 g/mol. The lowest BCUT2D eigenvalue weighted by Crippen LogP contribution is -2.46. The Bertz CT molecular complexity index is 1320. The number of amides is 3. The third-order valence-corrected chi connectivity index (χ3v) is 6.50. The van der Waals surface area contributed by atoms with Crippen LogP contribution < -0.4 is 9.47 Å². The van der Waals surface area contributed by atoms with E-state index in [9.17, 15) is 29.3 Å². The second-order valence-corrected chi connectivity index (χ2v) is 9.09. The number of rotatable bonds is 8. The first-order chi connectivity index (χ1) is 18.3. The molecule has 4 rings (SSSR count). The van der Waals surface area contributed by atoms with Gasteiger partial charge in [-0.05, 0) is 48.5 Å². The summed E-state index contributed by atoms with van der Waals surface area (Å²) in [6.45, 7) is 3.25. The molecular formula is C25H23N3O9S. The Morgan fingerprint density at radius 1 is 1.13 bits per heavy atom. The fourth-order valence-corrected chi connectivity index (χ4v) is 4.55. The summed E-state index contributed by atoms with van der Waals surface area (Å²) < 4.78 is 16.2. The van der Waals surface area contributed by atoms with Crippen molar-refractivity contribution in [3.8, 4) is 11.5 Å². The van der Waals surface area contributed by atoms with Crippen LogP contribution >= 0.6 is 11.8 Å². The Morgan fingerprint density at radius 2 is 1.89 bits per heavy atom. The SMILES string of the molecule is CCOc1cc(/C=C2\SC(=O)N(CC(=O)N3CCOCC3)C2=O)ccc1OC(=O)c1cccc([N+](=O)[O-])c1. The second kappa shape index (κ2) is 11.9. The van der Waals surface area contributed by atoms with Gasteiger partial charge in [0.2, 0.25) is 5.91 Å². The predicted octanol–water partition coefficient (Wildman–Crippen LogP) is 3.11. The van der Waals surface area contributed by atoms with Gasteiger partial charge < -0.3 is 19.1 Å². The van der Waals surface area contributed by atoms with E-state index in [1.165, 1.54) is 36.4 Å². The number of hydrogen-bond donors (Lipinski definition) is 0. The molecule has 3 amide bonds. The van der Waals surface area contributed by atoms with Crippen LogP contribution in [-0.2, 0) is 14.3 Å². The van der Waals surface area contributed by atoms with E-state index in [0.29, 0.717) is 31.9 Å². The number of hydrogen-bond acceptors (Lipinski definition) is 10. The molecule has 0 aromatic heterocycles. The van der Waals surface area contributed by atoms with E-state index in [1.807, 2.05) is 0 Å². The molecule has 0 unspecified atom stereocenters. The Kier molecular flexibility index (Phi) is 8.38. The largest absolute Gasteiger partial charge is 0.490 e. The molecule has 198 valence electrons. The van der Waals surface area contributed by atoms with Gasteiger partial charge >= 0.3 is 5.97 Å². The van der Waals surface area contributed by atoms with Crippen LogP contribution in [0.2, 0.25) is 0 Å². The molecule has 13 heteroatoms. The molecule has 0 spiro atoms. The number of esters is 1. The van der Waals surface area contributed by atoms with Crippen molar-refractivity contribution in [1.29, 1.82) is 0 Å². The smallest absolute Gasteiger partial charge is 0.343 e. The number of thioether (sulfide) groups is 1. The van der Waals surface area contributed by atoms with Crippen LogP contribution in [0.3, 0.4) is 0 Å². The minimum Gasteiger partial charge on any atom is -0.490 e. The second-order valence-electron chi connectivity index (χ2n) is 8.10. The van der Waals surface area contributed by atoms with E-state index in [4.69, 9.17) is 14.2 Å². The Morgan fingerprint density at radius 3 is 2.61 bits per heavy atom. The van der Waals surface area contributed by atoms with Gasteiger partial charge in [0.05, 0.1) is 35.2 Å². The summed E-state index contributed by atoms with van der Waals surface area (Å²) in [5, 5.41) is 10.5. The zero-order valence-electron chi connectivity index (χ0n) is 20.3. The molecule has 0 aliphatic carbocycles. The standard InChI is InChI=1S/C25H23N3O9S/c1-2-36-20-12-16(6-7-19(20)37-24(31)17-4-3-5-18(14-17)28(33)34)13-21-23(30)27(25(32)38-21)15-22(29)26-8-10-35-11-9-26/h3-7,12-14H,2,8-11,15H2,1H3/b21-13-. The molecular weight excluding hydrogens is 518 g/mol. The summed E-state index contributed by atoms with van der Waals surface area (Å²) in [5.41, 5.74) is 0.236. The fraction of sp³-hybridized carbons (Fsp3) is 0.280. The average Bonchev–Trinajstić information content (AvgIpc) is 3.17. The topological polar surface area (TPSA) is 146 Å². The van der Waals surface area contributed by atoms with Gasteiger partial charge in [-0.1, -0.05) is 12.1 Å². The van der Waals surface area contributed by atoms with Gasteiger partial charge in [-0.3, -0.25) is 29.4 Å². The maximum atomic E-state index is 12.9. The molecule has 2 aliphatic rings. The number of nitrogens with zero attached hydrogens (tertiary/aromatic N) is 3. The van der Waals surface area contributed by atoms with Crippen LogP contribution in [0.5, 0.6) is 11.5 Å². The van der Waals surface area contributed by atoms with E-state index in [1.54, 1.807) is 17.9 Å². The van der Waals surface area contributed by atoms with Crippen molar-refractivity contribution in [3.05, 3.63) is 68.6 Å². The summed E-state index contributed by atoms with van der Waals surface area (Å²) in [6.07, 6.45) is 1.48. The maximum Gasteiger partial charge on any atom is 0.343 e. The number of benzene rings is 2. The lowest BCUT2D eigenvalue weighted by molar-refractivity contribution is -0.384. The summed E-state index contributed by atoms with van der Waals surface area (Å²) in [7, 11) is 0. The molecule has 2 aliphatic heterocycles. The minimum absolute atomic E-state index is 0.00831. The van der Waals surface area contributed by atoms with Crippen molar-refractivity contribution in [2.75, 3.05) is 39.5 Å². The molecule has 12 nitrogen and oxygen atoms in total. The number of morpholine rings is 1. The van der Waals surface area contributed by atoms with Crippen LogP contribution in [0.4, 0.5) is 10.5 Å². The first kappa shape index (κ1) is 26.8. The van der Waals surface area contributed by atoms with Gasteiger partial charge in [0, 0.05) is 25.2 Å². The molecule has 2 aromatic rings. The van der Waals surface area contributed by atoms with E-state index in [0.717, 1.165) is 22.7 Å². The molecule has 0 N–H and O–H groups in total. The normalized spacial score (nSPS) is 16.6. The van der Waals surface area contributed by atoms with Gasteiger partial charge in [-0.2, -0.15) is 0 Å². The van der Waals surface area contributed by atoms with E-state index >= 15 is 0 Å². The number of carbonyl (C=O) groups excluding carboxylic acids is 4. The number of nitro groups is 1. The highest BCUT2D eigenvalue weighted by Gasteiger charge is 2.37. The lowest BCUT2D eigenvalue weighted by atomic mass is 10.1. The van der Waals surface area contributed by atoms with E-state index in [-0.39, 0.29) is 46.7 Å². The number of ether oxygens (including phenoxy) is 3. The molecule has 0 atom stereocenters. The van der Waals surface area contributed by atoms with Crippen molar-refractivity contribution < 1.29 is 38.3 Å². The highest BCUT2D eigenvalue weighted by atomic mass is 32.2. The van der Waals surface area contributed by atoms with Crippen LogP contribution in [0.15, 0.2) is 47.4 Å². The summed E-state index contributed by atoms with van der Waals surface area (Å²) in [5.74, 6) is -1.45. The first-order valence-corrected chi connectivity index (χ1v) is 12.4. The number of nitro benzene ring substituents is 1. The minimum atomic E-state index is -0.812. The van der Waals surface area contributed by atoms with Crippen LogP contribution in [0, 0.1) is 10.1 Å².